The van der Waals surface area contributed by atoms with E-state index in [1.165, 1.54) is 0 Å². The lowest BCUT2D eigenvalue weighted by Gasteiger charge is -2.17. The van der Waals surface area contributed by atoms with Crippen LogP contribution < -0.4 is 36.6 Å². The number of nitrogens with zero attached hydrogens (tertiary/aromatic N) is 5. The Hall–Kier alpha value is -9.12. The van der Waals surface area contributed by atoms with Gasteiger partial charge in [0.15, 0.2) is 17.4 Å². The molecule has 8 aromatic rings. The Labute approximate surface area is 447 Å². The fourth-order valence-corrected chi connectivity index (χ4v) is 9.77. The summed E-state index contributed by atoms with van der Waals surface area (Å²) in [7, 11) is 3.76. The van der Waals surface area contributed by atoms with Gasteiger partial charge in [0.05, 0.1) is 57.9 Å². The molecule has 6 aromatic carbocycles. The van der Waals surface area contributed by atoms with Gasteiger partial charge in [0.2, 0.25) is 17.7 Å². The Kier molecular flexibility index (Phi) is 15.9. The highest BCUT2D eigenvalue weighted by Crippen LogP contribution is 2.38. The molecule has 6 N–H and O–H groups in total. The van der Waals surface area contributed by atoms with E-state index >= 15 is 0 Å². The number of anilines is 6. The molecule has 0 radical (unpaired) electrons. The van der Waals surface area contributed by atoms with Crippen LogP contribution in [-0.4, -0.2) is 78.1 Å². The molecule has 3 amide bonds. The predicted molar refractivity (Wildman–Crippen MR) is 303 cm³/mol. The number of hydrogen-bond donors (Lipinski definition) is 6. The van der Waals surface area contributed by atoms with Gasteiger partial charge in [-0.25, -0.2) is 0 Å². The quantitative estimate of drug-likeness (QED) is 0.0706. The Morgan fingerprint density at radius 3 is 1.71 bits per heavy atom. The van der Waals surface area contributed by atoms with Gasteiger partial charge in [-0.1, -0.05) is 72.8 Å². The van der Waals surface area contributed by atoms with Crippen molar-refractivity contribution >= 4 is 74.3 Å². The van der Waals surface area contributed by atoms with E-state index < -0.39 is 0 Å². The molecule has 0 spiro atoms. The van der Waals surface area contributed by atoms with Gasteiger partial charge in [-0.2, -0.15) is 5.10 Å². The van der Waals surface area contributed by atoms with Gasteiger partial charge in [-0.15, -0.1) is 10.2 Å². The third-order valence-electron chi connectivity index (χ3n) is 13.2. The number of aromatic nitrogens is 5. The minimum absolute atomic E-state index is 0.0113. The zero-order valence-electron chi connectivity index (χ0n) is 44.2. The first-order chi connectivity index (χ1) is 37.1. The summed E-state index contributed by atoms with van der Waals surface area (Å²) in [5.74, 6) is 1.51. The van der Waals surface area contributed by atoms with Crippen molar-refractivity contribution in [3.63, 3.8) is 0 Å². The number of benzene rings is 6. The number of fused-ring (bicyclic) bond motifs is 4. The van der Waals surface area contributed by atoms with E-state index in [1.54, 1.807) is 35.3 Å². The van der Waals surface area contributed by atoms with E-state index in [9.17, 15) is 24.0 Å². The van der Waals surface area contributed by atoms with Crippen molar-refractivity contribution in [3.05, 3.63) is 156 Å². The number of carbonyl (C=O) groups is 5. The molecule has 3 aliphatic heterocycles. The van der Waals surface area contributed by atoms with Crippen molar-refractivity contribution in [2.75, 3.05) is 31.9 Å². The molecule has 5 heterocycles. The highest BCUT2D eigenvalue weighted by molar-refractivity contribution is 6.09. The van der Waals surface area contributed by atoms with Crippen molar-refractivity contribution in [2.45, 2.75) is 91.0 Å². The summed E-state index contributed by atoms with van der Waals surface area (Å²) in [5.41, 5.74) is 11.4. The minimum atomic E-state index is -0.0558. The number of carbonyl (C=O) groups excluding carboxylic acids is 5. The Balaban J connectivity index is 0.000000141. The predicted octanol–water partition coefficient (Wildman–Crippen LogP) is 10.5. The number of hydrogen-bond acceptors (Lipinski definition) is 12. The zero-order chi connectivity index (χ0) is 54.3. The monoisotopic (exact) mass is 1030 g/mol. The summed E-state index contributed by atoms with van der Waals surface area (Å²) >= 11 is 0. The highest BCUT2D eigenvalue weighted by atomic mass is 16.5. The van der Waals surface area contributed by atoms with Crippen LogP contribution in [0.1, 0.15) is 85.9 Å². The summed E-state index contributed by atoms with van der Waals surface area (Å²) < 4.78 is 9.33. The summed E-state index contributed by atoms with van der Waals surface area (Å²) in [6.45, 7) is 9.91. The van der Waals surface area contributed by atoms with Crippen molar-refractivity contribution in [1.82, 2.24) is 24.5 Å². The van der Waals surface area contributed by atoms with Crippen molar-refractivity contribution < 1.29 is 28.7 Å². The smallest absolute Gasteiger partial charge is 0.226 e. The van der Waals surface area contributed by atoms with Crippen molar-refractivity contribution in [1.29, 1.82) is 0 Å². The van der Waals surface area contributed by atoms with Crippen molar-refractivity contribution in [3.8, 4) is 28.3 Å². The lowest BCUT2D eigenvalue weighted by Crippen LogP contribution is -2.19. The summed E-state index contributed by atoms with van der Waals surface area (Å²) in [5, 5.41) is 32.3. The number of rotatable bonds is 10. The zero-order valence-corrected chi connectivity index (χ0v) is 44.2. The van der Waals surface area contributed by atoms with Crippen LogP contribution in [0.2, 0.25) is 0 Å². The number of aryl methyl sites for hydroxylation is 2. The molecular formula is C60H63N11O6. The molecule has 2 aromatic heterocycles. The van der Waals surface area contributed by atoms with E-state index in [1.807, 2.05) is 150 Å². The Morgan fingerprint density at radius 2 is 1.14 bits per heavy atom. The molecule has 0 aliphatic carbocycles. The molecule has 0 saturated heterocycles. The van der Waals surface area contributed by atoms with Gasteiger partial charge in [-0.05, 0) is 100 Å². The van der Waals surface area contributed by atoms with Crippen LogP contribution in [0.4, 0.5) is 34.1 Å². The fourth-order valence-electron chi connectivity index (χ4n) is 9.77. The second kappa shape index (κ2) is 23.2. The SMILES string of the molecule is CC(C)Oc1ccc(-c2cccc3c2N[C@H](C)CC(=O)N3)cc1.CC1CC(=O)Nc2cccc(C(=O)Cc3cccc(-c4nncn4C)c3)c2N1.CC1CC(=O)Nc2cccc(C(=O)Cc3nn(C)c4ccccc34)c2N1. The van der Waals surface area contributed by atoms with E-state index in [-0.39, 0.29) is 66.4 Å². The lowest BCUT2D eigenvalue weighted by molar-refractivity contribution is -0.117. The average molecular weight is 1030 g/mol. The standard InChI is InChI=1S/C21H21N5O2.C20H20N4O2.C19H22N2O2/c1-13-9-19(28)24-17-8-4-7-16(20(17)23-13)18(27)11-14-5-3-6-15(10-14)21-25-22-12-26(21)2;1-12-10-19(26)22-15-8-5-7-14(20(15)21-12)18(25)11-16-13-6-3-4-9-17(13)24(2)23-16;1-12(2)23-15-9-7-14(8-10-15)16-5-4-6-17-19(16)20-13(3)11-18(22)21-17/h3-8,10,12-13,23H,9,11H2,1-2H3,(H,24,28);3-9,12,21H,10-11H2,1-2H3,(H,22,26);4-10,12-13,20H,11H2,1-3H3,(H,21,22)/t;;13-/m..1/s1. The van der Waals surface area contributed by atoms with Gasteiger partial charge in [0, 0.05) is 85.5 Å². The number of para-hydroxylation sites is 4. The summed E-state index contributed by atoms with van der Waals surface area (Å²) in [6, 6.07) is 40.5. The number of ether oxygens (including phenoxy) is 1. The topological polar surface area (TPSA) is 215 Å². The van der Waals surface area contributed by atoms with Crippen LogP contribution >= 0.6 is 0 Å². The Bertz CT molecular complexity index is 3510. The van der Waals surface area contributed by atoms with Gasteiger partial charge >= 0.3 is 0 Å². The van der Waals surface area contributed by atoms with E-state index in [0.717, 1.165) is 61.8 Å². The van der Waals surface area contributed by atoms with Gasteiger partial charge < -0.3 is 41.2 Å². The molecule has 3 atom stereocenters. The molecule has 17 nitrogen and oxygen atoms in total. The van der Waals surface area contributed by atoms with Gasteiger partial charge in [0.1, 0.15) is 12.1 Å². The first-order valence-corrected chi connectivity index (χ1v) is 25.8. The third kappa shape index (κ3) is 12.5. The first kappa shape index (κ1) is 52.7. The summed E-state index contributed by atoms with van der Waals surface area (Å²) in [6.07, 6.45) is 3.47. The third-order valence-corrected chi connectivity index (χ3v) is 13.2. The van der Waals surface area contributed by atoms with E-state index in [0.29, 0.717) is 53.1 Å². The number of nitrogens with one attached hydrogen (secondary N) is 6. The van der Waals surface area contributed by atoms with Crippen LogP contribution in [0.5, 0.6) is 5.75 Å². The van der Waals surface area contributed by atoms with Crippen molar-refractivity contribution in [2.24, 2.45) is 14.1 Å². The molecule has 3 aliphatic rings. The van der Waals surface area contributed by atoms with E-state index in [4.69, 9.17) is 4.74 Å². The maximum atomic E-state index is 13.1. The molecule has 2 unspecified atom stereocenters. The largest absolute Gasteiger partial charge is 0.491 e. The number of ketones is 2. The molecule has 11 rings (SSSR count). The molecule has 0 fully saturated rings. The molecule has 17 heteroatoms. The van der Waals surface area contributed by atoms with Gasteiger partial charge in [-0.3, -0.25) is 28.7 Å². The maximum Gasteiger partial charge on any atom is 0.226 e. The van der Waals surface area contributed by atoms with Crippen LogP contribution in [0.25, 0.3) is 33.4 Å². The fraction of sp³-hybridized carbons (Fsp3) is 0.267. The van der Waals surface area contributed by atoms with Crippen LogP contribution in [0, 0.1) is 0 Å². The molecule has 77 heavy (non-hydrogen) atoms. The molecule has 0 bridgehead atoms. The lowest BCUT2D eigenvalue weighted by atomic mass is 9.99. The number of Topliss-reactive ketones (excluding diaryl/α,β-unsaturated/α-hetero) is 2. The maximum absolute atomic E-state index is 13.1. The highest BCUT2D eigenvalue weighted by Gasteiger charge is 2.26. The number of amides is 3. The second-order valence-corrected chi connectivity index (χ2v) is 20.0. The summed E-state index contributed by atoms with van der Waals surface area (Å²) in [4.78, 5) is 61.9. The van der Waals surface area contributed by atoms with Gasteiger partial charge in [0.25, 0.3) is 0 Å². The normalized spacial score (nSPS) is 16.5. The van der Waals surface area contributed by atoms with Crippen LogP contribution in [0.15, 0.2) is 134 Å². The van der Waals surface area contributed by atoms with Crippen LogP contribution in [-0.2, 0) is 41.3 Å². The second-order valence-electron chi connectivity index (χ2n) is 20.0. The Morgan fingerprint density at radius 1 is 0.610 bits per heavy atom. The molecular weight excluding hydrogens is 971 g/mol. The first-order valence-electron chi connectivity index (χ1n) is 25.8. The minimum Gasteiger partial charge on any atom is -0.491 e. The van der Waals surface area contributed by atoms with Crippen LogP contribution in [0.3, 0.4) is 0 Å². The molecule has 394 valence electrons. The average Bonchev–Trinajstić information content (AvgIpc) is 3.81. The van der Waals surface area contributed by atoms with E-state index in [2.05, 4.69) is 53.3 Å². The molecule has 0 saturated carbocycles.